The van der Waals surface area contributed by atoms with Crippen LogP contribution in [0.2, 0.25) is 0 Å². The predicted octanol–water partition coefficient (Wildman–Crippen LogP) is 5.76. The molecule has 1 atom stereocenters. The molecule has 0 unspecified atom stereocenters. The highest BCUT2D eigenvalue weighted by atomic mass is 32.1. The van der Waals surface area contributed by atoms with Gasteiger partial charge in [-0.3, -0.25) is 9.20 Å². The molecular weight excluding hydrogens is 512 g/mol. The van der Waals surface area contributed by atoms with E-state index in [0.717, 1.165) is 29.0 Å². The Morgan fingerprint density at radius 1 is 1.18 bits per heavy atom. The fraction of sp³-hybridized carbons (Fsp3) is 0.259. The van der Waals surface area contributed by atoms with Gasteiger partial charge in [0, 0.05) is 36.1 Å². The molecule has 0 radical (unpaired) electrons. The van der Waals surface area contributed by atoms with E-state index in [4.69, 9.17) is 9.51 Å². The minimum Gasteiger partial charge on any atom is -0.391 e. The minimum absolute atomic E-state index is 0.150. The maximum Gasteiger partial charge on any atom is 0.227 e. The van der Waals surface area contributed by atoms with Crippen molar-refractivity contribution in [1.82, 2.24) is 19.5 Å². The number of nitrogens with zero attached hydrogens (tertiary/aromatic N) is 5. The van der Waals surface area contributed by atoms with Crippen LogP contribution in [-0.2, 0) is 11.4 Å². The van der Waals surface area contributed by atoms with Crippen molar-refractivity contribution in [2.75, 3.05) is 4.90 Å². The van der Waals surface area contributed by atoms with Gasteiger partial charge in [-0.25, -0.2) is 18.7 Å². The van der Waals surface area contributed by atoms with Gasteiger partial charge in [-0.1, -0.05) is 5.16 Å². The van der Waals surface area contributed by atoms with Gasteiger partial charge < -0.3 is 14.5 Å². The lowest BCUT2D eigenvalue weighted by Gasteiger charge is -2.35. The molecule has 0 saturated carbocycles. The van der Waals surface area contributed by atoms with Gasteiger partial charge in [0.05, 0.1) is 28.9 Å². The minimum atomic E-state index is -1.02. The van der Waals surface area contributed by atoms with Gasteiger partial charge in [-0.2, -0.15) is 0 Å². The summed E-state index contributed by atoms with van der Waals surface area (Å²) in [7, 11) is 0. The van der Waals surface area contributed by atoms with Gasteiger partial charge >= 0.3 is 0 Å². The molecular formula is C27H23F2N5O3S. The number of aryl methyl sites for hydroxylation is 2. The molecule has 6 rings (SSSR count). The van der Waals surface area contributed by atoms with Crippen molar-refractivity contribution in [3.05, 3.63) is 76.4 Å². The number of aromatic nitrogens is 4. The average Bonchev–Trinajstić information content (AvgIpc) is 3.61. The summed E-state index contributed by atoms with van der Waals surface area (Å²) < 4.78 is 35.2. The van der Waals surface area contributed by atoms with Crippen LogP contribution in [0.4, 0.5) is 14.5 Å². The molecule has 1 aliphatic rings. The number of aliphatic hydroxyl groups excluding tert-OH is 1. The quantitative estimate of drug-likeness (QED) is 0.308. The van der Waals surface area contributed by atoms with E-state index in [1.807, 2.05) is 36.6 Å². The van der Waals surface area contributed by atoms with Crippen molar-refractivity contribution in [2.45, 2.75) is 45.8 Å². The molecule has 0 bridgehead atoms. The third-order valence-corrected chi connectivity index (χ3v) is 7.82. The van der Waals surface area contributed by atoms with E-state index in [1.54, 1.807) is 6.20 Å². The number of aliphatic hydroxyl groups is 1. The third kappa shape index (κ3) is 3.98. The molecule has 38 heavy (non-hydrogen) atoms. The lowest BCUT2D eigenvalue weighted by atomic mass is 9.96. The zero-order valence-corrected chi connectivity index (χ0v) is 21.4. The highest BCUT2D eigenvalue weighted by Crippen LogP contribution is 2.42. The number of carbonyl (C=O) groups is 1. The molecule has 5 heterocycles. The normalized spacial score (nSPS) is 16.1. The first-order chi connectivity index (χ1) is 18.4. The van der Waals surface area contributed by atoms with Crippen LogP contribution in [0, 0.1) is 25.5 Å². The number of hydrogen-bond donors (Lipinski definition) is 1. The van der Waals surface area contributed by atoms with E-state index >= 15 is 0 Å². The van der Waals surface area contributed by atoms with Crippen molar-refractivity contribution in [2.24, 2.45) is 0 Å². The molecule has 4 aromatic heterocycles. The summed E-state index contributed by atoms with van der Waals surface area (Å²) in [6, 6.07) is 6.82. The van der Waals surface area contributed by atoms with Crippen molar-refractivity contribution in [1.29, 1.82) is 0 Å². The molecule has 1 fully saturated rings. The lowest BCUT2D eigenvalue weighted by molar-refractivity contribution is -0.120. The van der Waals surface area contributed by atoms with Gasteiger partial charge in [0.2, 0.25) is 5.91 Å². The number of halogens is 2. The van der Waals surface area contributed by atoms with Crippen LogP contribution < -0.4 is 4.90 Å². The van der Waals surface area contributed by atoms with Crippen LogP contribution in [0.1, 0.15) is 47.3 Å². The van der Waals surface area contributed by atoms with Crippen LogP contribution in [-0.4, -0.2) is 30.5 Å². The summed E-state index contributed by atoms with van der Waals surface area (Å²) in [5.41, 5.74) is 4.69. The van der Waals surface area contributed by atoms with Gasteiger partial charge in [0.25, 0.3) is 0 Å². The van der Waals surface area contributed by atoms with Crippen LogP contribution in [0.3, 0.4) is 0 Å². The van der Waals surface area contributed by atoms with Gasteiger partial charge in [0.15, 0.2) is 11.6 Å². The largest absolute Gasteiger partial charge is 0.391 e. The van der Waals surface area contributed by atoms with E-state index in [1.165, 1.54) is 22.3 Å². The van der Waals surface area contributed by atoms with Gasteiger partial charge in [0.1, 0.15) is 22.1 Å². The summed E-state index contributed by atoms with van der Waals surface area (Å²) in [4.78, 5) is 24.9. The Morgan fingerprint density at radius 2 is 2.03 bits per heavy atom. The van der Waals surface area contributed by atoms with Crippen molar-refractivity contribution < 1.29 is 23.2 Å². The summed E-state index contributed by atoms with van der Waals surface area (Å²) in [5.74, 6) is -1.50. The average molecular weight is 536 g/mol. The van der Waals surface area contributed by atoms with Crippen LogP contribution in [0.5, 0.6) is 0 Å². The molecule has 194 valence electrons. The Kier molecular flexibility index (Phi) is 6.04. The summed E-state index contributed by atoms with van der Waals surface area (Å²) in [6.45, 7) is 3.57. The smallest absolute Gasteiger partial charge is 0.227 e. The highest BCUT2D eigenvalue weighted by Gasteiger charge is 2.36. The first-order valence-corrected chi connectivity index (χ1v) is 13.0. The molecule has 8 nitrogen and oxygen atoms in total. The third-order valence-electron chi connectivity index (χ3n) is 6.83. The van der Waals surface area contributed by atoms with Crippen molar-refractivity contribution in [3.8, 4) is 21.8 Å². The van der Waals surface area contributed by atoms with Gasteiger partial charge in [-0.15, -0.1) is 11.3 Å². The SMILES string of the molecule is Cc1noc(C)c1-c1ccn2c(-c3ncc(CO)s3)c([C@@H]3CCCC(=O)N3c3ccc(F)c(F)c3)nc2c1. The highest BCUT2D eigenvalue weighted by molar-refractivity contribution is 7.15. The molecule has 1 aromatic carbocycles. The van der Waals surface area contributed by atoms with E-state index in [0.29, 0.717) is 51.9 Å². The molecule has 1 aliphatic heterocycles. The van der Waals surface area contributed by atoms with Crippen LogP contribution in [0.15, 0.2) is 47.2 Å². The maximum absolute atomic E-state index is 14.2. The fourth-order valence-corrected chi connectivity index (χ4v) is 5.96. The second-order valence-electron chi connectivity index (χ2n) is 9.25. The first kappa shape index (κ1) is 24.4. The first-order valence-electron chi connectivity index (χ1n) is 12.1. The fourth-order valence-electron chi connectivity index (χ4n) is 5.14. The van der Waals surface area contributed by atoms with Crippen LogP contribution in [0.25, 0.3) is 27.5 Å². The number of fused-ring (bicyclic) bond motifs is 1. The Morgan fingerprint density at radius 3 is 2.74 bits per heavy atom. The number of benzene rings is 1. The monoisotopic (exact) mass is 535 g/mol. The molecule has 1 N–H and O–H groups in total. The van der Waals surface area contributed by atoms with E-state index < -0.39 is 17.7 Å². The number of piperidine rings is 1. The number of thiazole rings is 1. The Bertz CT molecular complexity index is 1670. The lowest BCUT2D eigenvalue weighted by Crippen LogP contribution is -2.38. The number of imidazole rings is 1. The molecule has 11 heteroatoms. The van der Waals surface area contributed by atoms with Crippen molar-refractivity contribution >= 4 is 28.6 Å². The Labute approximate surface area is 220 Å². The molecule has 0 aliphatic carbocycles. The second-order valence-corrected chi connectivity index (χ2v) is 10.4. The molecule has 1 amide bonds. The molecule has 1 saturated heterocycles. The maximum atomic E-state index is 14.2. The van der Waals surface area contributed by atoms with Crippen LogP contribution >= 0.6 is 11.3 Å². The van der Waals surface area contributed by atoms with E-state index in [-0.39, 0.29) is 18.2 Å². The predicted molar refractivity (Wildman–Crippen MR) is 138 cm³/mol. The summed E-state index contributed by atoms with van der Waals surface area (Å²) >= 11 is 1.33. The van der Waals surface area contributed by atoms with Gasteiger partial charge in [-0.05, 0) is 56.5 Å². The number of amides is 1. The number of anilines is 1. The molecule has 5 aromatic rings. The Hall–Kier alpha value is -3.96. The number of rotatable bonds is 5. The van der Waals surface area contributed by atoms with E-state index in [9.17, 15) is 18.7 Å². The number of hydrogen-bond acceptors (Lipinski definition) is 7. The summed E-state index contributed by atoms with van der Waals surface area (Å²) in [6.07, 6.45) is 4.99. The standard InChI is InChI=1S/C27H23F2N5O3S/c1-14-24(15(2)37-32-14)16-8-9-33-22(10-16)31-25(26(33)27-30-12-18(13-35)38-27)21-4-3-5-23(36)34(21)17-6-7-19(28)20(29)11-17/h6-12,21,35H,3-5,13H2,1-2H3/t21-/m0/s1. The zero-order valence-electron chi connectivity index (χ0n) is 20.6. The molecule has 0 spiro atoms. The summed E-state index contributed by atoms with van der Waals surface area (Å²) in [5, 5.41) is 14.3. The number of pyridine rings is 1. The Balaban J connectivity index is 1.56. The van der Waals surface area contributed by atoms with E-state index in [2.05, 4.69) is 10.1 Å². The second kappa shape index (κ2) is 9.41. The number of carbonyl (C=O) groups excluding carboxylic acids is 1. The van der Waals surface area contributed by atoms with Crippen molar-refractivity contribution in [3.63, 3.8) is 0 Å². The zero-order chi connectivity index (χ0) is 26.6. The topological polar surface area (TPSA) is 96.8 Å².